The Balaban J connectivity index is 1.80. The standard InChI is InChI=1S/C19H15ClFNO4S/c20-12-6-7-16-15(10-12)14-8-11(9-17(14)22-16)19(21,18(23)24)27(25,26)13-4-2-1-3-5-13/h1-7,10-11,22H,8-9H2,(H,23,24). The van der Waals surface area contributed by atoms with Gasteiger partial charge in [0.25, 0.3) is 0 Å². The van der Waals surface area contributed by atoms with Crippen LogP contribution in [0.1, 0.15) is 11.3 Å². The van der Waals surface area contributed by atoms with Crippen molar-refractivity contribution >= 4 is 38.3 Å². The highest BCUT2D eigenvalue weighted by Crippen LogP contribution is 2.44. The molecule has 0 fully saturated rings. The average Bonchev–Trinajstić information content (AvgIpc) is 3.20. The fourth-order valence-corrected chi connectivity index (χ4v) is 5.66. The lowest BCUT2D eigenvalue weighted by molar-refractivity contribution is -0.147. The van der Waals surface area contributed by atoms with Crippen LogP contribution in [0.3, 0.4) is 0 Å². The fraction of sp³-hybridized carbons (Fsp3) is 0.211. The van der Waals surface area contributed by atoms with Crippen molar-refractivity contribution in [2.45, 2.75) is 22.7 Å². The molecule has 27 heavy (non-hydrogen) atoms. The Morgan fingerprint density at radius 3 is 2.56 bits per heavy atom. The number of aromatic amines is 1. The molecular weight excluding hydrogens is 393 g/mol. The number of nitrogens with one attached hydrogen (secondary N) is 1. The molecule has 0 saturated carbocycles. The van der Waals surface area contributed by atoms with Crippen molar-refractivity contribution in [2.24, 2.45) is 5.92 Å². The number of aromatic nitrogens is 1. The first-order valence-corrected chi connectivity index (χ1v) is 10.1. The third-order valence-corrected chi connectivity index (χ3v) is 7.54. The second kappa shape index (κ2) is 6.07. The van der Waals surface area contributed by atoms with E-state index in [-0.39, 0.29) is 17.7 Å². The van der Waals surface area contributed by atoms with Crippen LogP contribution in [-0.2, 0) is 27.5 Å². The first-order chi connectivity index (χ1) is 12.7. The first kappa shape index (κ1) is 18.0. The molecule has 8 heteroatoms. The van der Waals surface area contributed by atoms with Crippen LogP contribution in [0.5, 0.6) is 0 Å². The van der Waals surface area contributed by atoms with Crippen molar-refractivity contribution in [2.75, 3.05) is 0 Å². The van der Waals surface area contributed by atoms with Crippen molar-refractivity contribution in [3.05, 3.63) is 64.8 Å². The Bertz CT molecular complexity index is 1160. The molecular formula is C19H15ClFNO4S. The molecule has 4 rings (SSSR count). The molecule has 1 aromatic heterocycles. The number of halogens is 2. The number of fused-ring (bicyclic) bond motifs is 3. The second-order valence-electron chi connectivity index (χ2n) is 6.64. The van der Waals surface area contributed by atoms with E-state index in [1.165, 1.54) is 24.3 Å². The van der Waals surface area contributed by atoms with E-state index in [1.54, 1.807) is 24.3 Å². The molecule has 140 valence electrons. The number of sulfone groups is 1. The number of benzene rings is 2. The predicted octanol–water partition coefficient (Wildman–Crippen LogP) is 3.76. The SMILES string of the molecule is O=C(O)C(F)(C1Cc2[nH]c3ccc(Cl)cc3c2C1)S(=O)(=O)c1ccccc1. The topological polar surface area (TPSA) is 87.2 Å². The Kier molecular flexibility index (Phi) is 4.05. The number of rotatable bonds is 4. The van der Waals surface area contributed by atoms with Gasteiger partial charge in [0, 0.05) is 27.5 Å². The van der Waals surface area contributed by atoms with Gasteiger partial charge in [0.15, 0.2) is 0 Å². The third-order valence-electron chi connectivity index (χ3n) is 5.12. The van der Waals surface area contributed by atoms with Crippen molar-refractivity contribution in [1.82, 2.24) is 4.98 Å². The maximum atomic E-state index is 15.8. The normalized spacial score (nSPS) is 19.0. The Labute approximate surface area is 159 Å². The number of hydrogen-bond donors (Lipinski definition) is 2. The van der Waals surface area contributed by atoms with Gasteiger partial charge in [-0.05, 0) is 48.7 Å². The van der Waals surface area contributed by atoms with Gasteiger partial charge in [-0.1, -0.05) is 29.8 Å². The van der Waals surface area contributed by atoms with Gasteiger partial charge in [-0.3, -0.25) is 0 Å². The number of carbonyl (C=O) groups is 1. The summed E-state index contributed by atoms with van der Waals surface area (Å²) in [6.45, 7) is 0. The van der Waals surface area contributed by atoms with E-state index in [9.17, 15) is 18.3 Å². The van der Waals surface area contributed by atoms with Crippen LogP contribution in [0.2, 0.25) is 5.02 Å². The van der Waals surface area contributed by atoms with Crippen LogP contribution in [0.15, 0.2) is 53.4 Å². The van der Waals surface area contributed by atoms with Crippen molar-refractivity contribution in [3.8, 4) is 0 Å². The van der Waals surface area contributed by atoms with E-state index in [0.717, 1.165) is 10.9 Å². The van der Waals surface area contributed by atoms with Crippen LogP contribution in [0, 0.1) is 5.92 Å². The summed E-state index contributed by atoms with van der Waals surface area (Å²) in [5.41, 5.74) is 2.15. The zero-order valence-corrected chi connectivity index (χ0v) is 15.5. The summed E-state index contributed by atoms with van der Waals surface area (Å²) in [6, 6.07) is 12.1. The molecule has 1 aliphatic rings. The molecule has 2 atom stereocenters. The summed E-state index contributed by atoms with van der Waals surface area (Å²) < 4.78 is 41.5. The zero-order chi connectivity index (χ0) is 19.4. The van der Waals surface area contributed by atoms with E-state index in [1.807, 2.05) is 0 Å². The highest BCUT2D eigenvalue weighted by atomic mass is 35.5. The molecule has 5 nitrogen and oxygen atoms in total. The molecule has 1 aliphatic carbocycles. The van der Waals surface area contributed by atoms with E-state index in [2.05, 4.69) is 4.98 Å². The van der Waals surface area contributed by atoms with E-state index in [4.69, 9.17) is 11.6 Å². The molecule has 0 radical (unpaired) electrons. The Morgan fingerprint density at radius 1 is 1.19 bits per heavy atom. The molecule has 2 unspecified atom stereocenters. The van der Waals surface area contributed by atoms with Crippen LogP contribution in [-0.4, -0.2) is 29.5 Å². The number of aliphatic carboxylic acids is 1. The van der Waals surface area contributed by atoms with Gasteiger partial charge in [0.2, 0.25) is 9.84 Å². The van der Waals surface area contributed by atoms with Gasteiger partial charge in [-0.25, -0.2) is 17.6 Å². The minimum absolute atomic E-state index is 0.00939. The predicted molar refractivity (Wildman–Crippen MR) is 99.3 cm³/mol. The Hall–Kier alpha value is -2.38. The highest BCUT2D eigenvalue weighted by molar-refractivity contribution is 7.93. The second-order valence-corrected chi connectivity index (χ2v) is 9.15. The minimum atomic E-state index is -4.75. The summed E-state index contributed by atoms with van der Waals surface area (Å²) >= 11 is 6.03. The third kappa shape index (κ3) is 2.56. The lowest BCUT2D eigenvalue weighted by Gasteiger charge is -2.27. The van der Waals surface area contributed by atoms with Crippen LogP contribution in [0.25, 0.3) is 10.9 Å². The van der Waals surface area contributed by atoms with E-state index < -0.39 is 26.7 Å². The fourth-order valence-electron chi connectivity index (χ4n) is 3.79. The minimum Gasteiger partial charge on any atom is -0.478 e. The number of hydrogen-bond acceptors (Lipinski definition) is 3. The van der Waals surface area contributed by atoms with Crippen molar-refractivity contribution in [3.63, 3.8) is 0 Å². The molecule has 1 heterocycles. The maximum Gasteiger partial charge on any atom is 0.358 e. The number of alkyl halides is 1. The monoisotopic (exact) mass is 407 g/mol. The lowest BCUT2D eigenvalue weighted by atomic mass is 9.99. The van der Waals surface area contributed by atoms with Crippen LogP contribution >= 0.6 is 11.6 Å². The average molecular weight is 408 g/mol. The van der Waals surface area contributed by atoms with Gasteiger partial charge < -0.3 is 10.1 Å². The van der Waals surface area contributed by atoms with Crippen LogP contribution < -0.4 is 0 Å². The number of carboxylic acids is 1. The smallest absolute Gasteiger partial charge is 0.358 e. The van der Waals surface area contributed by atoms with Gasteiger partial charge in [0.1, 0.15) is 0 Å². The largest absolute Gasteiger partial charge is 0.478 e. The van der Waals surface area contributed by atoms with Crippen molar-refractivity contribution < 1.29 is 22.7 Å². The number of H-pyrrole nitrogens is 1. The molecule has 0 bridgehead atoms. The molecule has 0 saturated heterocycles. The van der Waals surface area contributed by atoms with Gasteiger partial charge >= 0.3 is 11.0 Å². The quantitative estimate of drug-likeness (QED) is 0.689. The zero-order valence-electron chi connectivity index (χ0n) is 13.9. The Morgan fingerprint density at radius 2 is 1.89 bits per heavy atom. The lowest BCUT2D eigenvalue weighted by Crippen LogP contribution is -2.49. The molecule has 2 aromatic carbocycles. The molecule has 3 aromatic rings. The van der Waals surface area contributed by atoms with Gasteiger partial charge in [-0.15, -0.1) is 0 Å². The molecule has 0 aliphatic heterocycles. The summed E-state index contributed by atoms with van der Waals surface area (Å²) in [7, 11) is -4.75. The summed E-state index contributed by atoms with van der Waals surface area (Å²) in [5.74, 6) is -3.24. The molecule has 0 spiro atoms. The maximum absolute atomic E-state index is 15.8. The molecule has 2 N–H and O–H groups in total. The van der Waals surface area contributed by atoms with Gasteiger partial charge in [0.05, 0.1) is 4.90 Å². The van der Waals surface area contributed by atoms with Crippen molar-refractivity contribution in [1.29, 1.82) is 0 Å². The number of carboxylic acid groups (broad SMARTS) is 1. The molecule has 0 amide bonds. The van der Waals surface area contributed by atoms with E-state index >= 15 is 4.39 Å². The first-order valence-electron chi connectivity index (χ1n) is 8.26. The van der Waals surface area contributed by atoms with Gasteiger partial charge in [-0.2, -0.15) is 0 Å². The van der Waals surface area contributed by atoms with Crippen LogP contribution in [0.4, 0.5) is 4.39 Å². The van der Waals surface area contributed by atoms with E-state index in [0.29, 0.717) is 16.3 Å². The summed E-state index contributed by atoms with van der Waals surface area (Å²) in [6.07, 6.45) is -0.0268. The summed E-state index contributed by atoms with van der Waals surface area (Å²) in [4.78, 5) is 14.6. The highest BCUT2D eigenvalue weighted by Gasteiger charge is 2.60. The summed E-state index contributed by atoms with van der Waals surface area (Å²) in [5, 5.41) is 7.40.